The van der Waals surface area contributed by atoms with Crippen LogP contribution in [0.2, 0.25) is 0 Å². The molecule has 0 fully saturated rings. The molecule has 0 aliphatic rings. The van der Waals surface area contributed by atoms with Crippen LogP contribution in [0.3, 0.4) is 0 Å². The summed E-state index contributed by atoms with van der Waals surface area (Å²) in [4.78, 5) is 0. The van der Waals surface area contributed by atoms with Crippen LogP contribution in [0.15, 0.2) is 24.3 Å². The third kappa shape index (κ3) is 3.08. The van der Waals surface area contributed by atoms with Crippen LogP contribution < -0.4 is 0 Å². The number of aliphatic hydroxyl groups is 1. The van der Waals surface area contributed by atoms with E-state index in [0.29, 0.717) is 0 Å². The first-order chi connectivity index (χ1) is 7.27. The van der Waals surface area contributed by atoms with E-state index in [9.17, 15) is 5.11 Å². The Morgan fingerprint density at radius 3 is 2.12 bits per heavy atom. The van der Waals surface area contributed by atoms with Crippen molar-refractivity contribution in [1.82, 2.24) is 0 Å². The standard InChI is InChI=1S/C15H24O/c1-6-10-15(5,16)13-9-7-8-12(11-13)14(2,3)4/h7-9,11,16H,6,10H2,1-5H3/t15-/m1/s1. The molecule has 0 amide bonds. The summed E-state index contributed by atoms with van der Waals surface area (Å²) >= 11 is 0. The molecule has 0 aromatic heterocycles. The van der Waals surface area contributed by atoms with Gasteiger partial charge in [-0.1, -0.05) is 58.4 Å². The van der Waals surface area contributed by atoms with Gasteiger partial charge >= 0.3 is 0 Å². The van der Waals surface area contributed by atoms with E-state index < -0.39 is 5.60 Å². The molecule has 1 aromatic rings. The number of benzene rings is 1. The van der Waals surface area contributed by atoms with E-state index in [-0.39, 0.29) is 5.41 Å². The van der Waals surface area contributed by atoms with Crippen molar-refractivity contribution >= 4 is 0 Å². The van der Waals surface area contributed by atoms with E-state index in [1.54, 1.807) is 0 Å². The third-order valence-electron chi connectivity index (χ3n) is 3.09. The lowest BCUT2D eigenvalue weighted by Gasteiger charge is -2.26. The van der Waals surface area contributed by atoms with E-state index in [0.717, 1.165) is 18.4 Å². The largest absolute Gasteiger partial charge is 0.385 e. The summed E-state index contributed by atoms with van der Waals surface area (Å²) in [5.41, 5.74) is 1.75. The minimum absolute atomic E-state index is 0.137. The topological polar surface area (TPSA) is 20.2 Å². The summed E-state index contributed by atoms with van der Waals surface area (Å²) in [6.45, 7) is 10.6. The normalized spacial score (nSPS) is 15.9. The third-order valence-corrected chi connectivity index (χ3v) is 3.09. The first kappa shape index (κ1) is 13.2. The number of hydrogen-bond acceptors (Lipinski definition) is 1. The van der Waals surface area contributed by atoms with Crippen molar-refractivity contribution < 1.29 is 5.11 Å². The maximum Gasteiger partial charge on any atom is 0.0868 e. The Balaban J connectivity index is 3.08. The predicted molar refractivity (Wildman–Crippen MR) is 69.6 cm³/mol. The Kier molecular flexibility index (Phi) is 3.80. The Bertz CT molecular complexity index is 345. The molecule has 1 N–H and O–H groups in total. The molecule has 0 aliphatic heterocycles. The summed E-state index contributed by atoms with van der Waals surface area (Å²) in [6, 6.07) is 8.33. The minimum atomic E-state index is -0.698. The average molecular weight is 220 g/mol. The zero-order chi connectivity index (χ0) is 12.4. The van der Waals surface area contributed by atoms with Gasteiger partial charge in [0.2, 0.25) is 0 Å². The maximum absolute atomic E-state index is 10.4. The smallest absolute Gasteiger partial charge is 0.0868 e. The highest BCUT2D eigenvalue weighted by molar-refractivity contribution is 5.31. The fraction of sp³-hybridized carbons (Fsp3) is 0.600. The highest BCUT2D eigenvalue weighted by Crippen LogP contribution is 2.30. The first-order valence-electron chi connectivity index (χ1n) is 6.11. The van der Waals surface area contributed by atoms with Gasteiger partial charge in [-0.05, 0) is 29.9 Å². The van der Waals surface area contributed by atoms with Gasteiger partial charge in [0.05, 0.1) is 5.60 Å². The van der Waals surface area contributed by atoms with Gasteiger partial charge in [-0.25, -0.2) is 0 Å². The second-order valence-electron chi connectivity index (χ2n) is 5.85. The van der Waals surface area contributed by atoms with Gasteiger partial charge in [-0.15, -0.1) is 0 Å². The molecular weight excluding hydrogens is 196 g/mol. The van der Waals surface area contributed by atoms with Crippen LogP contribution in [0.25, 0.3) is 0 Å². The molecule has 1 nitrogen and oxygen atoms in total. The summed E-state index contributed by atoms with van der Waals surface area (Å²) in [6.07, 6.45) is 1.80. The SMILES string of the molecule is CCC[C@@](C)(O)c1cccc(C(C)(C)C)c1. The van der Waals surface area contributed by atoms with Crippen LogP contribution in [0.1, 0.15) is 58.6 Å². The summed E-state index contributed by atoms with van der Waals surface area (Å²) < 4.78 is 0. The molecule has 0 saturated carbocycles. The molecule has 90 valence electrons. The molecule has 1 rings (SSSR count). The summed E-state index contributed by atoms with van der Waals surface area (Å²) in [5.74, 6) is 0. The summed E-state index contributed by atoms with van der Waals surface area (Å²) in [7, 11) is 0. The molecule has 0 aliphatic carbocycles. The molecule has 0 unspecified atom stereocenters. The van der Waals surface area contributed by atoms with Crippen LogP contribution in [0.5, 0.6) is 0 Å². The van der Waals surface area contributed by atoms with Crippen molar-refractivity contribution in [2.75, 3.05) is 0 Å². The molecular formula is C15H24O. The molecule has 1 atom stereocenters. The summed E-state index contributed by atoms with van der Waals surface area (Å²) in [5, 5.41) is 10.4. The van der Waals surface area contributed by atoms with Crippen LogP contribution in [0, 0.1) is 0 Å². The zero-order valence-electron chi connectivity index (χ0n) is 11.2. The highest BCUT2D eigenvalue weighted by atomic mass is 16.3. The lowest BCUT2D eigenvalue weighted by atomic mass is 9.83. The van der Waals surface area contributed by atoms with Crippen molar-refractivity contribution in [2.24, 2.45) is 0 Å². The average Bonchev–Trinajstić information content (AvgIpc) is 2.16. The molecule has 1 aromatic carbocycles. The Morgan fingerprint density at radius 2 is 1.62 bits per heavy atom. The van der Waals surface area contributed by atoms with Crippen molar-refractivity contribution in [1.29, 1.82) is 0 Å². The van der Waals surface area contributed by atoms with E-state index in [4.69, 9.17) is 0 Å². The van der Waals surface area contributed by atoms with Crippen molar-refractivity contribution in [3.8, 4) is 0 Å². The van der Waals surface area contributed by atoms with Gasteiger partial charge in [0, 0.05) is 0 Å². The molecule has 0 heterocycles. The monoisotopic (exact) mass is 220 g/mol. The first-order valence-corrected chi connectivity index (χ1v) is 6.11. The molecule has 16 heavy (non-hydrogen) atoms. The molecule has 0 spiro atoms. The Hall–Kier alpha value is -0.820. The quantitative estimate of drug-likeness (QED) is 0.816. The highest BCUT2D eigenvalue weighted by Gasteiger charge is 2.23. The van der Waals surface area contributed by atoms with Crippen molar-refractivity contribution in [3.05, 3.63) is 35.4 Å². The molecule has 1 heteroatoms. The van der Waals surface area contributed by atoms with Crippen LogP contribution in [-0.4, -0.2) is 5.11 Å². The van der Waals surface area contributed by atoms with Gasteiger partial charge in [-0.3, -0.25) is 0 Å². The van der Waals surface area contributed by atoms with E-state index in [1.807, 2.05) is 19.1 Å². The van der Waals surface area contributed by atoms with Gasteiger partial charge in [0.15, 0.2) is 0 Å². The van der Waals surface area contributed by atoms with Gasteiger partial charge in [0.25, 0.3) is 0 Å². The van der Waals surface area contributed by atoms with Gasteiger partial charge < -0.3 is 5.11 Å². The Labute approximate surface area is 99.5 Å². The fourth-order valence-electron chi connectivity index (χ4n) is 1.95. The second kappa shape index (κ2) is 4.58. The number of hydrogen-bond donors (Lipinski definition) is 1. The lowest BCUT2D eigenvalue weighted by molar-refractivity contribution is 0.0468. The van der Waals surface area contributed by atoms with Crippen LogP contribution in [-0.2, 0) is 11.0 Å². The van der Waals surface area contributed by atoms with E-state index in [2.05, 4.69) is 39.8 Å². The van der Waals surface area contributed by atoms with Crippen molar-refractivity contribution in [3.63, 3.8) is 0 Å². The predicted octanol–water partition coefficient (Wildman–Crippen LogP) is 3.99. The molecule has 0 saturated heterocycles. The fourth-order valence-corrected chi connectivity index (χ4v) is 1.95. The lowest BCUT2D eigenvalue weighted by Crippen LogP contribution is -2.22. The molecule has 0 radical (unpaired) electrons. The maximum atomic E-state index is 10.4. The van der Waals surface area contributed by atoms with E-state index >= 15 is 0 Å². The van der Waals surface area contributed by atoms with Crippen molar-refractivity contribution in [2.45, 2.75) is 58.5 Å². The van der Waals surface area contributed by atoms with Crippen LogP contribution in [0.4, 0.5) is 0 Å². The van der Waals surface area contributed by atoms with Gasteiger partial charge in [0.1, 0.15) is 0 Å². The minimum Gasteiger partial charge on any atom is -0.385 e. The number of rotatable bonds is 3. The van der Waals surface area contributed by atoms with Gasteiger partial charge in [-0.2, -0.15) is 0 Å². The zero-order valence-corrected chi connectivity index (χ0v) is 11.2. The van der Waals surface area contributed by atoms with E-state index in [1.165, 1.54) is 5.56 Å². The molecule has 0 bridgehead atoms. The Morgan fingerprint density at radius 1 is 1.06 bits per heavy atom. The van der Waals surface area contributed by atoms with Crippen LogP contribution >= 0.6 is 0 Å². The second-order valence-corrected chi connectivity index (χ2v) is 5.85.